The van der Waals surface area contributed by atoms with Gasteiger partial charge in [-0.3, -0.25) is 0 Å². The number of rotatable bonds is 3. The summed E-state index contributed by atoms with van der Waals surface area (Å²) in [5.74, 6) is 1.49. The minimum Gasteiger partial charge on any atom is -0.327 e. The molecule has 0 bridgehead atoms. The van der Waals surface area contributed by atoms with Gasteiger partial charge in [0.25, 0.3) is 0 Å². The van der Waals surface area contributed by atoms with Crippen molar-refractivity contribution in [2.24, 2.45) is 5.73 Å². The summed E-state index contributed by atoms with van der Waals surface area (Å²) in [7, 11) is 0. The fourth-order valence-electron chi connectivity index (χ4n) is 2.77. The molecule has 0 aliphatic heterocycles. The van der Waals surface area contributed by atoms with Crippen molar-refractivity contribution in [1.82, 2.24) is 9.36 Å². The molecule has 2 N–H and O–H groups in total. The molecule has 1 saturated carbocycles. The molecule has 20 heavy (non-hydrogen) atoms. The molecule has 3 atom stereocenters. The van der Waals surface area contributed by atoms with E-state index < -0.39 is 0 Å². The molecule has 0 saturated heterocycles. The van der Waals surface area contributed by atoms with Gasteiger partial charge in [-0.2, -0.15) is 4.37 Å². The van der Waals surface area contributed by atoms with Crippen LogP contribution in [-0.4, -0.2) is 20.6 Å². The molecular formula is C15H19N3S2. The van der Waals surface area contributed by atoms with Gasteiger partial charge < -0.3 is 5.73 Å². The number of benzene rings is 1. The van der Waals surface area contributed by atoms with Crippen LogP contribution in [0.2, 0.25) is 0 Å². The van der Waals surface area contributed by atoms with Crippen LogP contribution in [0, 0.1) is 6.92 Å². The third kappa shape index (κ3) is 3.22. The van der Waals surface area contributed by atoms with E-state index in [9.17, 15) is 0 Å². The van der Waals surface area contributed by atoms with Gasteiger partial charge in [-0.1, -0.05) is 42.1 Å². The quantitative estimate of drug-likeness (QED) is 0.941. The van der Waals surface area contributed by atoms with E-state index in [2.05, 4.69) is 39.7 Å². The highest BCUT2D eigenvalue weighted by molar-refractivity contribution is 8.01. The van der Waals surface area contributed by atoms with Gasteiger partial charge >= 0.3 is 0 Å². The Morgan fingerprint density at radius 1 is 1.25 bits per heavy atom. The van der Waals surface area contributed by atoms with E-state index in [4.69, 9.17) is 5.73 Å². The van der Waals surface area contributed by atoms with Gasteiger partial charge in [-0.05, 0) is 49.2 Å². The van der Waals surface area contributed by atoms with E-state index in [1.54, 1.807) is 0 Å². The van der Waals surface area contributed by atoms with E-state index in [-0.39, 0.29) is 6.04 Å². The van der Waals surface area contributed by atoms with Crippen molar-refractivity contribution in [3.63, 3.8) is 0 Å². The average molecular weight is 305 g/mol. The van der Waals surface area contributed by atoms with Crippen molar-refractivity contribution in [2.75, 3.05) is 0 Å². The predicted octanol–water partition coefficient (Wildman–Crippen LogP) is 3.60. The second kappa shape index (κ2) is 6.24. The molecule has 1 heterocycles. The smallest absolute Gasteiger partial charge is 0.170 e. The summed E-state index contributed by atoms with van der Waals surface area (Å²) < 4.78 is 5.31. The second-order valence-electron chi connectivity index (χ2n) is 5.35. The second-order valence-corrected chi connectivity index (χ2v) is 7.59. The topological polar surface area (TPSA) is 51.8 Å². The van der Waals surface area contributed by atoms with Gasteiger partial charge in [0.1, 0.15) is 5.82 Å². The lowest BCUT2D eigenvalue weighted by Gasteiger charge is -2.33. The fraction of sp³-hybridized carbons (Fsp3) is 0.467. The van der Waals surface area contributed by atoms with Crippen molar-refractivity contribution >= 4 is 23.3 Å². The average Bonchev–Trinajstić information content (AvgIpc) is 2.88. The van der Waals surface area contributed by atoms with Gasteiger partial charge in [0.05, 0.1) is 0 Å². The summed E-state index contributed by atoms with van der Waals surface area (Å²) in [6.45, 7) is 1.94. The van der Waals surface area contributed by atoms with Crippen LogP contribution in [-0.2, 0) is 0 Å². The van der Waals surface area contributed by atoms with Crippen LogP contribution in [0.3, 0.4) is 0 Å². The number of aromatic nitrogens is 2. The lowest BCUT2D eigenvalue weighted by molar-refractivity contribution is 0.406. The van der Waals surface area contributed by atoms with Crippen molar-refractivity contribution in [2.45, 2.75) is 47.7 Å². The lowest BCUT2D eigenvalue weighted by Crippen LogP contribution is -2.37. The van der Waals surface area contributed by atoms with Crippen molar-refractivity contribution in [3.05, 3.63) is 41.7 Å². The zero-order valence-corrected chi connectivity index (χ0v) is 13.2. The highest BCUT2D eigenvalue weighted by Gasteiger charge is 2.30. The van der Waals surface area contributed by atoms with Crippen molar-refractivity contribution < 1.29 is 0 Å². The van der Waals surface area contributed by atoms with E-state index in [0.29, 0.717) is 11.2 Å². The van der Waals surface area contributed by atoms with Crippen LogP contribution in [0.15, 0.2) is 34.7 Å². The van der Waals surface area contributed by atoms with Crippen LogP contribution in [0.25, 0.3) is 0 Å². The normalized spacial score (nSPS) is 26.6. The maximum absolute atomic E-state index is 6.31. The monoisotopic (exact) mass is 305 g/mol. The molecule has 0 spiro atoms. The van der Waals surface area contributed by atoms with E-state index in [0.717, 1.165) is 23.0 Å². The Balaban J connectivity index is 1.70. The summed E-state index contributed by atoms with van der Waals surface area (Å²) in [5.41, 5.74) is 7.75. The molecule has 1 aliphatic carbocycles. The molecule has 1 aromatic carbocycles. The van der Waals surface area contributed by atoms with Gasteiger partial charge in [0, 0.05) is 11.3 Å². The molecule has 0 amide bonds. The van der Waals surface area contributed by atoms with Crippen LogP contribution in [0.4, 0.5) is 0 Å². The molecule has 2 aromatic rings. The Kier molecular flexibility index (Phi) is 4.38. The van der Waals surface area contributed by atoms with E-state index in [1.165, 1.54) is 23.5 Å². The maximum atomic E-state index is 6.31. The molecule has 5 heteroatoms. The summed E-state index contributed by atoms with van der Waals surface area (Å²) in [6, 6.07) is 11.1. The first kappa shape index (κ1) is 14.0. The molecule has 1 fully saturated rings. The highest BCUT2D eigenvalue weighted by Crippen LogP contribution is 2.40. The molecule has 3 unspecified atom stereocenters. The summed E-state index contributed by atoms with van der Waals surface area (Å²) in [6.07, 6.45) is 3.42. The summed E-state index contributed by atoms with van der Waals surface area (Å²) in [4.78, 5) is 4.45. The Morgan fingerprint density at radius 2 is 2.05 bits per heavy atom. The number of aryl methyl sites for hydroxylation is 1. The first-order valence-electron chi connectivity index (χ1n) is 7.00. The Morgan fingerprint density at radius 3 is 2.75 bits per heavy atom. The third-order valence-corrected chi connectivity index (χ3v) is 6.13. The van der Waals surface area contributed by atoms with Crippen LogP contribution < -0.4 is 5.73 Å². The third-order valence-electron chi connectivity index (χ3n) is 3.87. The predicted molar refractivity (Wildman–Crippen MR) is 85.3 cm³/mol. The number of hydrogen-bond donors (Lipinski definition) is 1. The molecular weight excluding hydrogens is 286 g/mol. The lowest BCUT2D eigenvalue weighted by atomic mass is 9.82. The van der Waals surface area contributed by atoms with Gasteiger partial charge in [0.15, 0.2) is 4.34 Å². The Labute approximate surface area is 128 Å². The number of hydrogen-bond acceptors (Lipinski definition) is 5. The first-order chi connectivity index (χ1) is 9.72. The Bertz CT molecular complexity index is 555. The standard InChI is InChI=1S/C15H19N3S2/c1-10-17-15(20-18-10)19-14-9-12(7-8-13(14)16)11-5-3-2-4-6-11/h2-6,12-14H,7-9,16H2,1H3. The zero-order chi connectivity index (χ0) is 13.9. The molecule has 1 aromatic heterocycles. The number of nitrogens with zero attached hydrogens (tertiary/aromatic N) is 2. The molecule has 1 aliphatic rings. The minimum absolute atomic E-state index is 0.268. The van der Waals surface area contributed by atoms with Gasteiger partial charge in [-0.15, -0.1) is 0 Å². The Hall–Kier alpha value is -0.910. The van der Waals surface area contributed by atoms with Crippen LogP contribution in [0.5, 0.6) is 0 Å². The first-order valence-corrected chi connectivity index (χ1v) is 8.65. The molecule has 3 rings (SSSR count). The minimum atomic E-state index is 0.268. The van der Waals surface area contributed by atoms with E-state index in [1.807, 2.05) is 18.7 Å². The number of thioether (sulfide) groups is 1. The SMILES string of the molecule is Cc1nsc(SC2CC(c3ccccc3)CCC2N)n1. The van der Waals surface area contributed by atoms with Crippen molar-refractivity contribution in [1.29, 1.82) is 0 Å². The van der Waals surface area contributed by atoms with Crippen LogP contribution >= 0.6 is 23.3 Å². The summed E-state index contributed by atoms with van der Waals surface area (Å²) in [5, 5.41) is 0.446. The van der Waals surface area contributed by atoms with Gasteiger partial charge in [-0.25, -0.2) is 4.98 Å². The molecule has 3 nitrogen and oxygen atoms in total. The van der Waals surface area contributed by atoms with Gasteiger partial charge in [0.2, 0.25) is 0 Å². The maximum Gasteiger partial charge on any atom is 0.170 e. The fourth-order valence-corrected chi connectivity index (χ4v) is 4.93. The molecule has 106 valence electrons. The van der Waals surface area contributed by atoms with E-state index >= 15 is 0 Å². The molecule has 0 radical (unpaired) electrons. The zero-order valence-electron chi connectivity index (χ0n) is 11.5. The number of nitrogens with two attached hydrogens (primary N) is 1. The van der Waals surface area contributed by atoms with Crippen molar-refractivity contribution in [3.8, 4) is 0 Å². The highest BCUT2D eigenvalue weighted by atomic mass is 32.2. The summed E-state index contributed by atoms with van der Waals surface area (Å²) >= 11 is 3.30. The largest absolute Gasteiger partial charge is 0.327 e. The van der Waals surface area contributed by atoms with Crippen LogP contribution in [0.1, 0.15) is 36.6 Å².